The molecule has 0 radical (unpaired) electrons. The minimum atomic E-state index is -0.427. The molecular formula is C40H24O. The molecule has 41 heavy (non-hydrogen) atoms. The van der Waals surface area contributed by atoms with Gasteiger partial charge in [-0.05, 0) is 83.5 Å². The second-order valence-corrected chi connectivity index (χ2v) is 10.4. The first-order chi connectivity index (χ1) is 22.8. The summed E-state index contributed by atoms with van der Waals surface area (Å²) < 4.78 is 58.3. The molecule has 8 aromatic carbocycles. The normalized spacial score (nSPS) is 14.0. The van der Waals surface area contributed by atoms with Gasteiger partial charge in [-0.2, -0.15) is 0 Å². The Morgan fingerprint density at radius 2 is 1.12 bits per heavy atom. The molecule has 0 amide bonds. The van der Waals surface area contributed by atoms with E-state index in [-0.39, 0.29) is 46.6 Å². The maximum absolute atomic E-state index is 8.93. The van der Waals surface area contributed by atoms with Crippen LogP contribution in [-0.2, 0) is 0 Å². The summed E-state index contributed by atoms with van der Waals surface area (Å²) >= 11 is 0. The summed E-state index contributed by atoms with van der Waals surface area (Å²) in [5, 5.41) is 7.81. The standard InChI is InChI=1S/C40H24O/c1-2-12-27-24-28(21-20-25(27)10-1)37-30-14-5-7-16-32(30)38(33-17-8-6-15-31(33)37)34-18-9-19-35-40(34)39-29-13-4-3-11-26(29)22-23-36(39)41-35/h1-24H/i3D,4D,11D,13D,22D,23D. The molecule has 0 aliphatic rings. The molecule has 190 valence electrons. The number of furan rings is 1. The molecule has 0 bridgehead atoms. The van der Waals surface area contributed by atoms with Gasteiger partial charge < -0.3 is 4.42 Å². The van der Waals surface area contributed by atoms with Crippen LogP contribution in [-0.4, -0.2) is 0 Å². The van der Waals surface area contributed by atoms with Crippen LogP contribution in [0, 0.1) is 0 Å². The van der Waals surface area contributed by atoms with Crippen molar-refractivity contribution < 1.29 is 12.6 Å². The van der Waals surface area contributed by atoms with Crippen molar-refractivity contribution in [1.82, 2.24) is 0 Å². The molecular weight excluding hydrogens is 496 g/mol. The number of benzene rings is 8. The van der Waals surface area contributed by atoms with E-state index in [1.807, 2.05) is 48.5 Å². The van der Waals surface area contributed by atoms with Gasteiger partial charge in [0.15, 0.2) is 0 Å². The summed E-state index contributed by atoms with van der Waals surface area (Å²) in [5.74, 6) is 0. The van der Waals surface area contributed by atoms with Crippen LogP contribution in [0.4, 0.5) is 0 Å². The van der Waals surface area contributed by atoms with Crippen molar-refractivity contribution in [3.8, 4) is 22.3 Å². The lowest BCUT2D eigenvalue weighted by Crippen LogP contribution is -1.91. The second kappa shape index (κ2) is 8.55. The van der Waals surface area contributed by atoms with Crippen LogP contribution >= 0.6 is 0 Å². The SMILES string of the molecule is [2H]c1c([2H])c([2H])c2c(c1[2H])c([2H])c([2H])c1oc3cccc(-c4c5ccccc5c(-c5ccc6ccccc6c5)c5ccccc45)c3c12. The van der Waals surface area contributed by atoms with Gasteiger partial charge in [-0.15, -0.1) is 0 Å². The zero-order valence-corrected chi connectivity index (χ0v) is 21.8. The van der Waals surface area contributed by atoms with Crippen molar-refractivity contribution in [3.63, 3.8) is 0 Å². The zero-order chi connectivity index (χ0) is 32.1. The Labute approximate surface area is 245 Å². The van der Waals surface area contributed by atoms with Crippen LogP contribution in [0.3, 0.4) is 0 Å². The van der Waals surface area contributed by atoms with Crippen molar-refractivity contribution >= 4 is 65.0 Å². The van der Waals surface area contributed by atoms with E-state index >= 15 is 0 Å². The van der Waals surface area contributed by atoms with Crippen molar-refractivity contribution in [2.45, 2.75) is 0 Å². The second-order valence-electron chi connectivity index (χ2n) is 10.4. The van der Waals surface area contributed by atoms with Crippen molar-refractivity contribution in [2.75, 3.05) is 0 Å². The monoisotopic (exact) mass is 526 g/mol. The summed E-state index contributed by atoms with van der Waals surface area (Å²) in [5.41, 5.74) is 4.64. The topological polar surface area (TPSA) is 13.1 Å². The van der Waals surface area contributed by atoms with Crippen LogP contribution in [0.5, 0.6) is 0 Å². The first-order valence-electron chi connectivity index (χ1n) is 16.6. The lowest BCUT2D eigenvalue weighted by Gasteiger charge is -2.18. The largest absolute Gasteiger partial charge is 0.456 e. The van der Waals surface area contributed by atoms with Gasteiger partial charge in [0, 0.05) is 10.8 Å². The number of fused-ring (bicyclic) bond motifs is 8. The molecule has 0 aliphatic carbocycles. The Morgan fingerprint density at radius 3 is 1.90 bits per heavy atom. The van der Waals surface area contributed by atoms with Crippen molar-refractivity contribution in [2.24, 2.45) is 0 Å². The average molecular weight is 527 g/mol. The predicted octanol–water partition coefficient (Wildman–Crippen LogP) is 11.5. The number of hydrogen-bond acceptors (Lipinski definition) is 1. The van der Waals surface area contributed by atoms with E-state index in [0.717, 1.165) is 49.2 Å². The molecule has 1 heteroatoms. The minimum Gasteiger partial charge on any atom is -0.456 e. The molecule has 9 rings (SSSR count). The molecule has 0 N–H and O–H groups in total. The molecule has 9 aromatic rings. The maximum Gasteiger partial charge on any atom is 0.136 e. The molecule has 1 nitrogen and oxygen atoms in total. The van der Waals surface area contributed by atoms with E-state index in [2.05, 4.69) is 60.7 Å². The van der Waals surface area contributed by atoms with Crippen molar-refractivity contribution in [3.05, 3.63) is 145 Å². The van der Waals surface area contributed by atoms with Crippen LogP contribution < -0.4 is 0 Å². The molecule has 0 atom stereocenters. The lowest BCUT2D eigenvalue weighted by molar-refractivity contribution is 0.669. The predicted molar refractivity (Wildman–Crippen MR) is 175 cm³/mol. The van der Waals surface area contributed by atoms with Crippen LogP contribution in [0.25, 0.3) is 87.3 Å². The molecule has 0 saturated carbocycles. The summed E-state index contributed by atoms with van der Waals surface area (Å²) in [7, 11) is 0. The molecule has 1 heterocycles. The first-order valence-corrected chi connectivity index (χ1v) is 13.6. The fraction of sp³-hybridized carbons (Fsp3) is 0. The molecule has 0 unspecified atom stereocenters. The van der Waals surface area contributed by atoms with Gasteiger partial charge in [-0.25, -0.2) is 0 Å². The quantitative estimate of drug-likeness (QED) is 0.204. The van der Waals surface area contributed by atoms with Gasteiger partial charge in [-0.3, -0.25) is 0 Å². The summed E-state index contributed by atoms with van der Waals surface area (Å²) in [6.45, 7) is 0. The number of hydrogen-bond donors (Lipinski definition) is 0. The average Bonchev–Trinajstić information content (AvgIpc) is 3.50. The molecule has 0 fully saturated rings. The Kier molecular flexibility index (Phi) is 3.61. The highest BCUT2D eigenvalue weighted by molar-refractivity contribution is 6.28. The highest BCUT2D eigenvalue weighted by Gasteiger charge is 2.21. The third-order valence-corrected chi connectivity index (χ3v) is 8.19. The fourth-order valence-corrected chi connectivity index (χ4v) is 6.47. The van der Waals surface area contributed by atoms with Crippen LogP contribution in [0.2, 0.25) is 0 Å². The first kappa shape index (κ1) is 17.3. The summed E-state index contributed by atoms with van der Waals surface area (Å²) in [4.78, 5) is 0. The van der Waals surface area contributed by atoms with Gasteiger partial charge in [0.25, 0.3) is 0 Å². The fourth-order valence-electron chi connectivity index (χ4n) is 6.47. The Balaban J connectivity index is 1.49. The molecule has 0 saturated heterocycles. The lowest BCUT2D eigenvalue weighted by atomic mass is 9.84. The third kappa shape index (κ3) is 3.24. The summed E-state index contributed by atoms with van der Waals surface area (Å²) in [6.07, 6.45) is 0. The smallest absolute Gasteiger partial charge is 0.136 e. The van der Waals surface area contributed by atoms with Gasteiger partial charge in [0.1, 0.15) is 11.2 Å². The Morgan fingerprint density at radius 1 is 0.439 bits per heavy atom. The van der Waals surface area contributed by atoms with E-state index in [9.17, 15) is 0 Å². The van der Waals surface area contributed by atoms with Gasteiger partial charge in [-0.1, -0.05) is 127 Å². The highest BCUT2D eigenvalue weighted by atomic mass is 16.3. The van der Waals surface area contributed by atoms with Gasteiger partial charge >= 0.3 is 0 Å². The Bertz CT molecular complexity index is 2760. The van der Waals surface area contributed by atoms with Crippen LogP contribution in [0.1, 0.15) is 8.22 Å². The van der Waals surface area contributed by atoms with E-state index in [1.54, 1.807) is 0 Å². The third-order valence-electron chi connectivity index (χ3n) is 8.19. The minimum absolute atomic E-state index is 0.0207. The maximum atomic E-state index is 8.93. The summed E-state index contributed by atoms with van der Waals surface area (Å²) in [6, 6.07) is 35.4. The van der Waals surface area contributed by atoms with Crippen molar-refractivity contribution in [1.29, 1.82) is 0 Å². The zero-order valence-electron chi connectivity index (χ0n) is 27.8. The van der Waals surface area contributed by atoms with Gasteiger partial charge in [0.05, 0.1) is 8.22 Å². The molecule has 0 spiro atoms. The van der Waals surface area contributed by atoms with Gasteiger partial charge in [0.2, 0.25) is 0 Å². The highest BCUT2D eigenvalue weighted by Crippen LogP contribution is 2.47. The van der Waals surface area contributed by atoms with E-state index in [4.69, 9.17) is 12.6 Å². The van der Waals surface area contributed by atoms with E-state index < -0.39 is 6.04 Å². The van der Waals surface area contributed by atoms with E-state index in [0.29, 0.717) is 16.4 Å². The molecule has 0 aliphatic heterocycles. The van der Waals surface area contributed by atoms with Crippen LogP contribution in [0.15, 0.2) is 150 Å². The van der Waals surface area contributed by atoms with E-state index in [1.165, 1.54) is 5.39 Å². The number of rotatable bonds is 2. The molecule has 1 aromatic heterocycles. The Hall–Kier alpha value is -5.40.